The van der Waals surface area contributed by atoms with Crippen molar-refractivity contribution in [1.29, 1.82) is 0 Å². The molecule has 0 spiro atoms. The Kier molecular flexibility index (Phi) is 3.26. The maximum Gasteiger partial charge on any atom is 0.317 e. The van der Waals surface area contributed by atoms with E-state index in [-0.39, 0.29) is 18.2 Å². The number of hydrogen-bond acceptors (Lipinski definition) is 2. The van der Waals surface area contributed by atoms with Gasteiger partial charge in [0.15, 0.2) is 0 Å². The predicted molar refractivity (Wildman–Crippen MR) is 57.5 cm³/mol. The largest absolute Gasteiger partial charge is 0.391 e. The van der Waals surface area contributed by atoms with Crippen molar-refractivity contribution >= 4 is 6.03 Å². The van der Waals surface area contributed by atoms with Gasteiger partial charge >= 0.3 is 6.03 Å². The second-order valence-corrected chi connectivity index (χ2v) is 4.33. The summed E-state index contributed by atoms with van der Waals surface area (Å²) in [5.41, 5.74) is 0. The lowest BCUT2D eigenvalue weighted by Crippen LogP contribution is -2.49. The Labute approximate surface area is 90.0 Å². The van der Waals surface area contributed by atoms with Gasteiger partial charge in [-0.3, -0.25) is 0 Å². The van der Waals surface area contributed by atoms with E-state index in [0.717, 1.165) is 32.2 Å². The number of aliphatic hydroxyl groups excluding tert-OH is 1. The van der Waals surface area contributed by atoms with E-state index in [1.807, 2.05) is 0 Å². The number of aliphatic hydroxyl groups is 1. The minimum Gasteiger partial charge on any atom is -0.391 e. The fraction of sp³-hybridized carbons (Fsp3) is 0.727. The van der Waals surface area contributed by atoms with E-state index in [2.05, 4.69) is 17.5 Å². The molecule has 2 aliphatic rings. The predicted octanol–water partition coefficient (Wildman–Crippen LogP) is 0.871. The first-order chi connectivity index (χ1) is 7.25. The molecule has 2 rings (SSSR count). The Balaban J connectivity index is 1.79. The molecule has 1 aliphatic heterocycles. The minimum atomic E-state index is -0.341. The summed E-state index contributed by atoms with van der Waals surface area (Å²) < 4.78 is 0. The summed E-state index contributed by atoms with van der Waals surface area (Å²) in [6.45, 7) is 1.25. The molecule has 0 saturated carbocycles. The highest BCUT2D eigenvalue weighted by Gasteiger charge is 2.23. The van der Waals surface area contributed by atoms with E-state index in [4.69, 9.17) is 0 Å². The van der Waals surface area contributed by atoms with Crippen LogP contribution in [0.25, 0.3) is 0 Å². The van der Waals surface area contributed by atoms with Gasteiger partial charge in [-0.2, -0.15) is 0 Å². The zero-order valence-electron chi connectivity index (χ0n) is 8.85. The zero-order valence-corrected chi connectivity index (χ0v) is 8.85. The summed E-state index contributed by atoms with van der Waals surface area (Å²) in [6.07, 6.45) is 7.42. The molecule has 1 atom stereocenters. The topological polar surface area (TPSA) is 52.6 Å². The van der Waals surface area contributed by atoms with Gasteiger partial charge < -0.3 is 15.3 Å². The number of carbonyl (C=O) groups excluding carboxylic acids is 1. The van der Waals surface area contributed by atoms with Crippen molar-refractivity contribution in [2.24, 2.45) is 0 Å². The van der Waals surface area contributed by atoms with Gasteiger partial charge in [-0.1, -0.05) is 12.2 Å². The second-order valence-electron chi connectivity index (χ2n) is 4.33. The SMILES string of the molecule is O=C(NC1CC=CC1)N1CCCC(O)C1. The van der Waals surface area contributed by atoms with Crippen LogP contribution in [0.1, 0.15) is 25.7 Å². The third kappa shape index (κ3) is 2.72. The van der Waals surface area contributed by atoms with E-state index in [1.54, 1.807) is 4.90 Å². The highest BCUT2D eigenvalue weighted by molar-refractivity contribution is 5.74. The lowest BCUT2D eigenvalue weighted by molar-refractivity contribution is 0.0834. The number of rotatable bonds is 1. The molecule has 0 aromatic rings. The van der Waals surface area contributed by atoms with Crippen LogP contribution in [0.4, 0.5) is 4.79 Å². The number of hydrogen-bond donors (Lipinski definition) is 2. The standard InChI is InChI=1S/C11H18N2O2/c14-10-6-3-7-13(8-10)11(15)12-9-4-1-2-5-9/h1-2,9-10,14H,3-8H2,(H,12,15). The molecule has 0 aromatic carbocycles. The number of urea groups is 1. The number of amides is 2. The fourth-order valence-electron chi connectivity index (χ4n) is 2.14. The lowest BCUT2D eigenvalue weighted by Gasteiger charge is -2.31. The smallest absolute Gasteiger partial charge is 0.317 e. The normalized spacial score (nSPS) is 27.0. The van der Waals surface area contributed by atoms with Gasteiger partial charge in [-0.05, 0) is 25.7 Å². The zero-order chi connectivity index (χ0) is 10.7. The quantitative estimate of drug-likeness (QED) is 0.631. The van der Waals surface area contributed by atoms with E-state index in [1.165, 1.54) is 0 Å². The molecule has 0 radical (unpaired) electrons. The summed E-state index contributed by atoms with van der Waals surface area (Å²) in [4.78, 5) is 13.5. The second kappa shape index (κ2) is 4.66. The van der Waals surface area contributed by atoms with Crippen LogP contribution in [-0.2, 0) is 0 Å². The van der Waals surface area contributed by atoms with Gasteiger partial charge in [-0.15, -0.1) is 0 Å². The molecule has 0 aromatic heterocycles. The summed E-state index contributed by atoms with van der Waals surface area (Å²) in [5, 5.41) is 12.4. The molecular weight excluding hydrogens is 192 g/mol. The van der Waals surface area contributed by atoms with Crippen molar-refractivity contribution in [1.82, 2.24) is 10.2 Å². The number of nitrogens with zero attached hydrogens (tertiary/aromatic N) is 1. The van der Waals surface area contributed by atoms with Crippen LogP contribution in [0, 0.1) is 0 Å². The first kappa shape index (κ1) is 10.5. The maximum atomic E-state index is 11.8. The van der Waals surface area contributed by atoms with Gasteiger partial charge in [0.2, 0.25) is 0 Å². The first-order valence-corrected chi connectivity index (χ1v) is 5.64. The minimum absolute atomic E-state index is 0.0255. The Morgan fingerprint density at radius 2 is 2.13 bits per heavy atom. The van der Waals surface area contributed by atoms with E-state index < -0.39 is 0 Å². The van der Waals surface area contributed by atoms with Crippen molar-refractivity contribution in [2.45, 2.75) is 37.8 Å². The molecule has 4 nitrogen and oxygen atoms in total. The highest BCUT2D eigenvalue weighted by atomic mass is 16.3. The highest BCUT2D eigenvalue weighted by Crippen LogP contribution is 2.12. The number of likely N-dealkylation sites (tertiary alicyclic amines) is 1. The number of carbonyl (C=O) groups is 1. The number of β-amino-alcohol motifs (C(OH)–C–C–N with tert-alkyl or cyclic N) is 1. The Hall–Kier alpha value is -1.03. The molecule has 2 amide bonds. The summed E-state index contributed by atoms with van der Waals surface area (Å²) in [7, 11) is 0. The van der Waals surface area contributed by atoms with Gasteiger partial charge in [0.25, 0.3) is 0 Å². The van der Waals surface area contributed by atoms with Crippen LogP contribution in [0.15, 0.2) is 12.2 Å². The number of nitrogens with one attached hydrogen (secondary N) is 1. The van der Waals surface area contributed by atoms with Crippen LogP contribution in [0.5, 0.6) is 0 Å². The van der Waals surface area contributed by atoms with E-state index >= 15 is 0 Å². The van der Waals surface area contributed by atoms with Gasteiger partial charge in [-0.25, -0.2) is 4.79 Å². The van der Waals surface area contributed by atoms with Crippen LogP contribution in [0.2, 0.25) is 0 Å². The molecule has 1 saturated heterocycles. The summed E-state index contributed by atoms with van der Waals surface area (Å²) in [6, 6.07) is 0.235. The van der Waals surface area contributed by atoms with Gasteiger partial charge in [0, 0.05) is 19.1 Å². The third-order valence-electron chi connectivity index (χ3n) is 3.02. The molecule has 15 heavy (non-hydrogen) atoms. The van der Waals surface area contributed by atoms with E-state index in [9.17, 15) is 9.90 Å². The van der Waals surface area contributed by atoms with Gasteiger partial charge in [0.1, 0.15) is 0 Å². The molecule has 1 fully saturated rings. The van der Waals surface area contributed by atoms with Crippen LogP contribution in [0.3, 0.4) is 0 Å². The molecule has 0 bridgehead atoms. The van der Waals surface area contributed by atoms with Crippen molar-refractivity contribution < 1.29 is 9.90 Å². The number of piperidine rings is 1. The van der Waals surface area contributed by atoms with Gasteiger partial charge in [0.05, 0.1) is 6.10 Å². The lowest BCUT2D eigenvalue weighted by atomic mass is 10.1. The molecule has 4 heteroatoms. The first-order valence-electron chi connectivity index (χ1n) is 5.64. The monoisotopic (exact) mass is 210 g/mol. The molecule has 2 N–H and O–H groups in total. The van der Waals surface area contributed by atoms with Crippen molar-refractivity contribution in [2.75, 3.05) is 13.1 Å². The fourth-order valence-corrected chi connectivity index (χ4v) is 2.14. The Morgan fingerprint density at radius 3 is 2.80 bits per heavy atom. The van der Waals surface area contributed by atoms with Crippen molar-refractivity contribution in [3.8, 4) is 0 Å². The summed E-state index contributed by atoms with van der Waals surface area (Å²) in [5.74, 6) is 0. The van der Waals surface area contributed by atoms with Crippen molar-refractivity contribution in [3.05, 3.63) is 12.2 Å². The molecule has 84 valence electrons. The average molecular weight is 210 g/mol. The van der Waals surface area contributed by atoms with Crippen LogP contribution >= 0.6 is 0 Å². The Morgan fingerprint density at radius 1 is 1.40 bits per heavy atom. The maximum absolute atomic E-state index is 11.8. The average Bonchev–Trinajstić information content (AvgIpc) is 2.70. The van der Waals surface area contributed by atoms with E-state index in [0.29, 0.717) is 6.54 Å². The van der Waals surface area contributed by atoms with Crippen LogP contribution in [-0.4, -0.2) is 41.3 Å². The summed E-state index contributed by atoms with van der Waals surface area (Å²) >= 11 is 0. The molecule has 1 aliphatic carbocycles. The molecular formula is C11H18N2O2. The van der Waals surface area contributed by atoms with Crippen LogP contribution < -0.4 is 5.32 Å². The molecule has 1 heterocycles. The van der Waals surface area contributed by atoms with Crippen molar-refractivity contribution in [3.63, 3.8) is 0 Å². The molecule has 1 unspecified atom stereocenters. The third-order valence-corrected chi connectivity index (χ3v) is 3.02. The Bertz CT molecular complexity index is 257.